The van der Waals surface area contributed by atoms with E-state index in [0.29, 0.717) is 17.8 Å². The Morgan fingerprint density at radius 2 is 1.69 bits per heavy atom. The smallest absolute Gasteiger partial charge is 0.295 e. The van der Waals surface area contributed by atoms with Crippen molar-refractivity contribution in [3.05, 3.63) is 88.0 Å². The van der Waals surface area contributed by atoms with Crippen molar-refractivity contribution in [2.75, 3.05) is 20.1 Å². The van der Waals surface area contributed by atoms with Crippen molar-refractivity contribution in [1.29, 1.82) is 0 Å². The van der Waals surface area contributed by atoms with Gasteiger partial charge in [-0.3, -0.25) is 9.59 Å². The van der Waals surface area contributed by atoms with E-state index in [1.165, 1.54) is 10.2 Å². The molecule has 2 aromatic carbocycles. The van der Waals surface area contributed by atoms with Gasteiger partial charge in [0.1, 0.15) is 6.04 Å². The van der Waals surface area contributed by atoms with Crippen LogP contribution in [0, 0.1) is 13.8 Å². The Kier molecular flexibility index (Phi) is 7.41. The number of aromatic nitrogens is 4. The standard InChI is InChI=1S/C27H32N6O2/c1-19-24-20(2)32(23-14-9-6-10-15-23)30-25(24)27(35)33(29-19)21(3)26(34)28-16-11-17-31(4)18-22-12-7-5-8-13-22/h5-10,12-15,21H,11,16-18H2,1-4H3,(H,28,34)/t21-/m0/s1. The molecule has 0 saturated carbocycles. The van der Waals surface area contributed by atoms with Gasteiger partial charge in [-0.1, -0.05) is 48.5 Å². The summed E-state index contributed by atoms with van der Waals surface area (Å²) in [5.74, 6) is -0.233. The molecule has 1 N–H and O–H groups in total. The van der Waals surface area contributed by atoms with Gasteiger partial charge in [0.05, 0.1) is 22.5 Å². The summed E-state index contributed by atoms with van der Waals surface area (Å²) in [5.41, 5.74) is 3.59. The lowest BCUT2D eigenvalue weighted by Gasteiger charge is -2.18. The fourth-order valence-corrected chi connectivity index (χ4v) is 4.33. The molecule has 0 bridgehead atoms. The highest BCUT2D eigenvalue weighted by atomic mass is 16.2. The summed E-state index contributed by atoms with van der Waals surface area (Å²) >= 11 is 0. The fraction of sp³-hybridized carbons (Fsp3) is 0.333. The highest BCUT2D eigenvalue weighted by Gasteiger charge is 2.23. The van der Waals surface area contributed by atoms with Gasteiger partial charge in [0.25, 0.3) is 5.56 Å². The van der Waals surface area contributed by atoms with Crippen molar-refractivity contribution >= 4 is 16.8 Å². The molecule has 0 spiro atoms. The van der Waals surface area contributed by atoms with Crippen LogP contribution in [0.25, 0.3) is 16.6 Å². The first-order valence-electron chi connectivity index (χ1n) is 11.9. The molecule has 8 nitrogen and oxygen atoms in total. The molecule has 0 aliphatic carbocycles. The summed E-state index contributed by atoms with van der Waals surface area (Å²) in [6.07, 6.45) is 0.808. The number of carbonyl (C=O) groups is 1. The number of amides is 1. The van der Waals surface area contributed by atoms with Crippen LogP contribution in [-0.2, 0) is 11.3 Å². The van der Waals surface area contributed by atoms with Crippen molar-refractivity contribution in [2.24, 2.45) is 0 Å². The van der Waals surface area contributed by atoms with Crippen molar-refractivity contribution in [3.8, 4) is 5.69 Å². The predicted octanol–water partition coefficient (Wildman–Crippen LogP) is 3.40. The van der Waals surface area contributed by atoms with Crippen LogP contribution >= 0.6 is 0 Å². The largest absolute Gasteiger partial charge is 0.354 e. The number of carbonyl (C=O) groups excluding carboxylic acids is 1. The van der Waals surface area contributed by atoms with E-state index in [2.05, 4.69) is 39.6 Å². The number of nitrogens with zero attached hydrogens (tertiary/aromatic N) is 5. The van der Waals surface area contributed by atoms with Crippen LogP contribution in [0.4, 0.5) is 0 Å². The van der Waals surface area contributed by atoms with Gasteiger partial charge < -0.3 is 10.2 Å². The number of benzene rings is 2. The third-order valence-electron chi connectivity index (χ3n) is 6.20. The summed E-state index contributed by atoms with van der Waals surface area (Å²) in [7, 11) is 2.06. The van der Waals surface area contributed by atoms with Crippen molar-refractivity contribution in [3.63, 3.8) is 0 Å². The summed E-state index contributed by atoms with van der Waals surface area (Å²) in [4.78, 5) is 28.3. The number of hydrogen-bond donors (Lipinski definition) is 1. The summed E-state index contributed by atoms with van der Waals surface area (Å²) < 4.78 is 3.00. The quantitative estimate of drug-likeness (QED) is 0.378. The van der Waals surface area contributed by atoms with Gasteiger partial charge >= 0.3 is 0 Å². The van der Waals surface area contributed by atoms with E-state index < -0.39 is 6.04 Å². The maximum Gasteiger partial charge on any atom is 0.295 e. The minimum absolute atomic E-state index is 0.233. The number of aryl methyl sites for hydroxylation is 2. The zero-order valence-corrected chi connectivity index (χ0v) is 20.7. The number of hydrogen-bond acceptors (Lipinski definition) is 5. The van der Waals surface area contributed by atoms with Gasteiger partial charge in [-0.05, 0) is 58.5 Å². The van der Waals surface area contributed by atoms with Crippen LogP contribution in [0.5, 0.6) is 0 Å². The number of rotatable bonds is 9. The first-order valence-corrected chi connectivity index (χ1v) is 11.9. The third-order valence-corrected chi connectivity index (χ3v) is 6.20. The van der Waals surface area contributed by atoms with Gasteiger partial charge in [0, 0.05) is 13.1 Å². The molecule has 0 fully saturated rings. The molecule has 1 atom stereocenters. The molecule has 2 heterocycles. The van der Waals surface area contributed by atoms with E-state index in [4.69, 9.17) is 0 Å². The van der Waals surface area contributed by atoms with Crippen LogP contribution in [0.3, 0.4) is 0 Å². The Hall–Kier alpha value is -3.78. The molecule has 1 amide bonds. The van der Waals surface area contributed by atoms with Crippen LogP contribution in [0.2, 0.25) is 0 Å². The molecule has 2 aromatic heterocycles. The second kappa shape index (κ2) is 10.7. The first-order chi connectivity index (χ1) is 16.9. The molecule has 35 heavy (non-hydrogen) atoms. The minimum atomic E-state index is -0.741. The minimum Gasteiger partial charge on any atom is -0.354 e. The van der Waals surface area contributed by atoms with Gasteiger partial charge in [0.15, 0.2) is 5.52 Å². The molecule has 0 aliphatic heterocycles. The molecule has 0 unspecified atom stereocenters. The van der Waals surface area contributed by atoms with Crippen LogP contribution in [-0.4, -0.2) is 50.5 Å². The zero-order valence-electron chi connectivity index (χ0n) is 20.7. The topological polar surface area (TPSA) is 85.1 Å². The molecular weight excluding hydrogens is 440 g/mol. The molecule has 0 aliphatic rings. The molecule has 8 heteroatoms. The summed E-state index contributed by atoms with van der Waals surface area (Å²) in [6.45, 7) is 7.70. The summed E-state index contributed by atoms with van der Waals surface area (Å²) in [6, 6.07) is 19.2. The molecule has 182 valence electrons. The SMILES string of the molecule is Cc1nn([C@@H](C)C(=O)NCCCN(C)Cc2ccccc2)c(=O)c2nn(-c3ccccc3)c(C)c12. The predicted molar refractivity (Wildman–Crippen MR) is 138 cm³/mol. The van der Waals surface area contributed by atoms with Gasteiger partial charge in [-0.2, -0.15) is 10.2 Å². The van der Waals surface area contributed by atoms with Crippen LogP contribution in [0.1, 0.15) is 36.3 Å². The Balaban J connectivity index is 1.42. The van der Waals surface area contributed by atoms with E-state index >= 15 is 0 Å². The van der Waals surface area contributed by atoms with Crippen LogP contribution < -0.4 is 10.9 Å². The highest BCUT2D eigenvalue weighted by molar-refractivity contribution is 5.84. The van der Waals surface area contributed by atoms with E-state index in [1.54, 1.807) is 11.6 Å². The lowest BCUT2D eigenvalue weighted by atomic mass is 10.2. The second-order valence-electron chi connectivity index (χ2n) is 8.94. The Bertz CT molecular complexity index is 1360. The fourth-order valence-electron chi connectivity index (χ4n) is 4.33. The lowest BCUT2D eigenvalue weighted by Crippen LogP contribution is -2.38. The third kappa shape index (κ3) is 5.33. The maximum atomic E-state index is 13.3. The second-order valence-corrected chi connectivity index (χ2v) is 8.94. The van der Waals surface area contributed by atoms with Gasteiger partial charge in [-0.15, -0.1) is 0 Å². The van der Waals surface area contributed by atoms with Crippen molar-refractivity contribution in [2.45, 2.75) is 39.8 Å². The summed E-state index contributed by atoms with van der Waals surface area (Å²) in [5, 5.41) is 12.7. The molecule has 4 rings (SSSR count). The van der Waals surface area contributed by atoms with Crippen molar-refractivity contribution in [1.82, 2.24) is 29.8 Å². The van der Waals surface area contributed by atoms with Crippen molar-refractivity contribution < 1.29 is 4.79 Å². The van der Waals surface area contributed by atoms with Gasteiger partial charge in [-0.25, -0.2) is 9.36 Å². The molecule has 0 saturated heterocycles. The number of para-hydroxylation sites is 1. The number of nitrogens with one attached hydrogen (secondary N) is 1. The van der Waals surface area contributed by atoms with E-state index in [-0.39, 0.29) is 11.5 Å². The monoisotopic (exact) mass is 472 g/mol. The average Bonchev–Trinajstić information content (AvgIpc) is 3.22. The highest BCUT2D eigenvalue weighted by Crippen LogP contribution is 2.21. The molecular formula is C27H32N6O2. The van der Waals surface area contributed by atoms with E-state index in [9.17, 15) is 9.59 Å². The average molecular weight is 473 g/mol. The lowest BCUT2D eigenvalue weighted by molar-refractivity contribution is -0.124. The van der Waals surface area contributed by atoms with E-state index in [1.807, 2.05) is 62.4 Å². The Labute approximate surface area is 205 Å². The first kappa shape index (κ1) is 24.3. The Morgan fingerprint density at radius 3 is 2.37 bits per heavy atom. The molecule has 0 radical (unpaired) electrons. The zero-order chi connectivity index (χ0) is 24.9. The van der Waals surface area contributed by atoms with E-state index in [0.717, 1.165) is 36.3 Å². The normalized spacial score (nSPS) is 12.3. The Morgan fingerprint density at radius 1 is 1.03 bits per heavy atom. The van der Waals surface area contributed by atoms with Crippen LogP contribution in [0.15, 0.2) is 65.5 Å². The molecule has 4 aromatic rings. The number of fused-ring (bicyclic) bond motifs is 1. The maximum absolute atomic E-state index is 13.3. The van der Waals surface area contributed by atoms with Gasteiger partial charge in [0.2, 0.25) is 5.91 Å².